The Kier molecular flexibility index (Phi) is 3.58. The van der Waals surface area contributed by atoms with E-state index in [0.717, 1.165) is 5.56 Å². The Balaban J connectivity index is 2.43. The van der Waals surface area contributed by atoms with Gasteiger partial charge in [0.25, 0.3) is 0 Å². The molecule has 0 amide bonds. The maximum absolute atomic E-state index is 13.3. The topological polar surface area (TPSA) is 0 Å². The molecular weight excluding hydrogens is 211 g/mol. The van der Waals surface area contributed by atoms with Crippen LogP contribution in [0.25, 0.3) is 0 Å². The third-order valence-electron chi connectivity index (χ3n) is 2.94. The lowest BCUT2D eigenvalue weighted by Gasteiger charge is -2.21. The largest absolute Gasteiger partial charge is 0.207 e. The molecule has 2 aromatic carbocycles. The molecule has 1 heteroatoms. The number of benzene rings is 2. The summed E-state index contributed by atoms with van der Waals surface area (Å²) in [7, 11) is 0. The summed E-state index contributed by atoms with van der Waals surface area (Å²) in [5, 5.41) is 0. The third kappa shape index (κ3) is 2.73. The van der Waals surface area contributed by atoms with E-state index < -0.39 is 0 Å². The van der Waals surface area contributed by atoms with Gasteiger partial charge in [-0.1, -0.05) is 49.4 Å². The summed E-state index contributed by atoms with van der Waals surface area (Å²) in [5.74, 6) is 0.148. The molecular formula is C16H16F. The second-order valence-corrected chi connectivity index (χ2v) is 4.42. The van der Waals surface area contributed by atoms with Gasteiger partial charge in [-0.2, -0.15) is 0 Å². The average molecular weight is 227 g/mol. The van der Waals surface area contributed by atoms with E-state index in [4.69, 9.17) is 0 Å². The van der Waals surface area contributed by atoms with Gasteiger partial charge in [0.1, 0.15) is 5.82 Å². The molecule has 87 valence electrons. The van der Waals surface area contributed by atoms with Gasteiger partial charge in [-0.25, -0.2) is 4.39 Å². The fourth-order valence-corrected chi connectivity index (χ4v) is 2.21. The van der Waals surface area contributed by atoms with Crippen LogP contribution in [0.4, 0.5) is 4.39 Å². The highest BCUT2D eigenvalue weighted by Gasteiger charge is 2.18. The molecule has 0 heterocycles. The zero-order valence-electron chi connectivity index (χ0n) is 9.94. The highest BCUT2D eigenvalue weighted by molar-refractivity contribution is 5.33. The van der Waals surface area contributed by atoms with E-state index in [1.807, 2.05) is 24.3 Å². The van der Waals surface area contributed by atoms with E-state index in [-0.39, 0.29) is 17.7 Å². The zero-order valence-corrected chi connectivity index (χ0v) is 9.94. The van der Waals surface area contributed by atoms with Crippen LogP contribution >= 0.6 is 0 Å². The van der Waals surface area contributed by atoms with Crippen LogP contribution in [0, 0.1) is 18.7 Å². The van der Waals surface area contributed by atoms with Crippen molar-refractivity contribution in [2.45, 2.75) is 12.8 Å². The van der Waals surface area contributed by atoms with Crippen molar-refractivity contribution in [3.05, 3.63) is 78.5 Å². The van der Waals surface area contributed by atoms with Gasteiger partial charge in [-0.3, -0.25) is 0 Å². The summed E-state index contributed by atoms with van der Waals surface area (Å²) in [6, 6.07) is 16.9. The maximum Gasteiger partial charge on any atom is 0.123 e. The Morgan fingerprint density at radius 2 is 1.59 bits per heavy atom. The van der Waals surface area contributed by atoms with Gasteiger partial charge >= 0.3 is 0 Å². The molecule has 0 saturated carbocycles. The predicted octanol–water partition coefficient (Wildman–Crippen LogP) is 4.43. The Morgan fingerprint density at radius 3 is 2.18 bits per heavy atom. The van der Waals surface area contributed by atoms with Crippen LogP contribution in [0.2, 0.25) is 0 Å². The first-order valence-electron chi connectivity index (χ1n) is 5.82. The standard InChI is InChI=1S/C16H16F/c1-12(2)16(13-7-4-3-5-8-13)14-9-6-10-15(17)11-14/h3-12,16H,1H2,2H3. The summed E-state index contributed by atoms with van der Waals surface area (Å²) < 4.78 is 13.3. The van der Waals surface area contributed by atoms with E-state index in [2.05, 4.69) is 26.0 Å². The van der Waals surface area contributed by atoms with Crippen LogP contribution in [-0.2, 0) is 0 Å². The van der Waals surface area contributed by atoms with Gasteiger partial charge in [0, 0.05) is 5.92 Å². The van der Waals surface area contributed by atoms with Gasteiger partial charge in [-0.15, -0.1) is 0 Å². The van der Waals surface area contributed by atoms with Crippen molar-refractivity contribution in [1.29, 1.82) is 0 Å². The van der Waals surface area contributed by atoms with Gasteiger partial charge in [0.15, 0.2) is 0 Å². The number of hydrogen-bond donors (Lipinski definition) is 0. The molecule has 0 N–H and O–H groups in total. The van der Waals surface area contributed by atoms with E-state index in [1.165, 1.54) is 11.6 Å². The zero-order chi connectivity index (χ0) is 12.3. The highest BCUT2D eigenvalue weighted by atomic mass is 19.1. The van der Waals surface area contributed by atoms with Crippen LogP contribution in [0.5, 0.6) is 0 Å². The van der Waals surface area contributed by atoms with E-state index in [9.17, 15) is 4.39 Å². The summed E-state index contributed by atoms with van der Waals surface area (Å²) in [4.78, 5) is 0. The Labute approximate surface area is 102 Å². The van der Waals surface area contributed by atoms with Gasteiger partial charge in [-0.05, 0) is 36.1 Å². The Morgan fingerprint density at radius 1 is 0.941 bits per heavy atom. The third-order valence-corrected chi connectivity index (χ3v) is 2.94. The first-order chi connectivity index (χ1) is 8.18. The van der Waals surface area contributed by atoms with Gasteiger partial charge < -0.3 is 0 Å². The van der Waals surface area contributed by atoms with Crippen LogP contribution in [0.3, 0.4) is 0 Å². The molecule has 0 spiro atoms. The van der Waals surface area contributed by atoms with Crippen LogP contribution in [-0.4, -0.2) is 0 Å². The highest BCUT2D eigenvalue weighted by Crippen LogP contribution is 2.31. The normalized spacial score (nSPS) is 12.7. The number of hydrogen-bond acceptors (Lipinski definition) is 0. The summed E-state index contributed by atoms with van der Waals surface area (Å²) in [6.45, 7) is 6.16. The van der Waals surface area contributed by atoms with Crippen LogP contribution < -0.4 is 0 Å². The van der Waals surface area contributed by atoms with E-state index >= 15 is 0 Å². The second kappa shape index (κ2) is 5.13. The molecule has 2 unspecified atom stereocenters. The fraction of sp³-hybridized carbons (Fsp3) is 0.188. The molecule has 0 aliphatic carbocycles. The molecule has 0 fully saturated rings. The minimum Gasteiger partial charge on any atom is -0.207 e. The number of halogens is 1. The van der Waals surface area contributed by atoms with Crippen molar-refractivity contribution < 1.29 is 4.39 Å². The molecule has 0 bridgehead atoms. The van der Waals surface area contributed by atoms with Crippen LogP contribution in [0.1, 0.15) is 24.0 Å². The SMILES string of the molecule is [CH2]C(C)C(c1ccccc1)c1cccc(F)c1. The number of rotatable bonds is 3. The lowest BCUT2D eigenvalue weighted by Crippen LogP contribution is -2.08. The molecule has 2 rings (SSSR count). The maximum atomic E-state index is 13.3. The Hall–Kier alpha value is -1.63. The summed E-state index contributed by atoms with van der Waals surface area (Å²) in [6.07, 6.45) is 0. The second-order valence-electron chi connectivity index (χ2n) is 4.42. The van der Waals surface area contributed by atoms with Crippen molar-refractivity contribution in [3.8, 4) is 0 Å². The molecule has 0 saturated heterocycles. The lowest BCUT2D eigenvalue weighted by molar-refractivity contribution is 0.598. The minimum absolute atomic E-state index is 0.145. The molecule has 0 aliphatic heterocycles. The van der Waals surface area contributed by atoms with Gasteiger partial charge in [0.05, 0.1) is 0 Å². The van der Waals surface area contributed by atoms with E-state index in [1.54, 1.807) is 12.1 Å². The van der Waals surface area contributed by atoms with E-state index in [0.29, 0.717) is 0 Å². The quantitative estimate of drug-likeness (QED) is 0.727. The first kappa shape index (κ1) is 11.8. The van der Waals surface area contributed by atoms with Crippen molar-refractivity contribution in [1.82, 2.24) is 0 Å². The van der Waals surface area contributed by atoms with Crippen molar-refractivity contribution in [3.63, 3.8) is 0 Å². The first-order valence-corrected chi connectivity index (χ1v) is 5.82. The molecule has 0 aromatic heterocycles. The molecule has 17 heavy (non-hydrogen) atoms. The average Bonchev–Trinajstić information content (AvgIpc) is 2.30. The van der Waals surface area contributed by atoms with Crippen LogP contribution in [0.15, 0.2) is 54.6 Å². The van der Waals surface area contributed by atoms with Gasteiger partial charge in [0.2, 0.25) is 0 Å². The summed E-state index contributed by atoms with van der Waals surface area (Å²) in [5.41, 5.74) is 2.17. The minimum atomic E-state index is -0.191. The summed E-state index contributed by atoms with van der Waals surface area (Å²) >= 11 is 0. The van der Waals surface area contributed by atoms with Crippen molar-refractivity contribution >= 4 is 0 Å². The fourth-order valence-electron chi connectivity index (χ4n) is 2.21. The van der Waals surface area contributed by atoms with Crippen molar-refractivity contribution in [2.24, 2.45) is 5.92 Å². The molecule has 0 nitrogen and oxygen atoms in total. The molecule has 0 aliphatic rings. The van der Waals surface area contributed by atoms with Crippen molar-refractivity contribution in [2.75, 3.05) is 0 Å². The predicted molar refractivity (Wildman–Crippen MR) is 69.2 cm³/mol. The Bertz CT molecular complexity index is 474. The molecule has 2 atom stereocenters. The lowest BCUT2D eigenvalue weighted by atomic mass is 9.83. The smallest absolute Gasteiger partial charge is 0.123 e. The monoisotopic (exact) mass is 227 g/mol. The molecule has 1 radical (unpaired) electrons. The molecule has 2 aromatic rings.